The van der Waals surface area contributed by atoms with Gasteiger partial charge in [0.25, 0.3) is 5.91 Å². The Balaban J connectivity index is 1.66. The number of fused-ring (bicyclic) bond motifs is 1. The predicted octanol–water partition coefficient (Wildman–Crippen LogP) is 3.12. The Kier molecular flexibility index (Phi) is 5.96. The molecule has 1 aliphatic heterocycles. The average Bonchev–Trinajstić information content (AvgIpc) is 2.69. The van der Waals surface area contributed by atoms with Crippen LogP contribution in [0.5, 0.6) is 11.5 Å². The van der Waals surface area contributed by atoms with Crippen LogP contribution in [0.25, 0.3) is 0 Å². The normalized spacial score (nSPS) is 12.4. The summed E-state index contributed by atoms with van der Waals surface area (Å²) in [6, 6.07) is 12.5. The highest BCUT2D eigenvalue weighted by Crippen LogP contribution is 2.30. The fourth-order valence-corrected chi connectivity index (χ4v) is 3.01. The van der Waals surface area contributed by atoms with Crippen LogP contribution >= 0.6 is 0 Å². The molecule has 27 heavy (non-hydrogen) atoms. The maximum Gasteiger partial charge on any atom is 0.253 e. The third-order valence-corrected chi connectivity index (χ3v) is 4.42. The summed E-state index contributed by atoms with van der Waals surface area (Å²) in [6.45, 7) is 6.23. The quantitative estimate of drug-likeness (QED) is 0.851. The van der Waals surface area contributed by atoms with Crippen LogP contribution in [-0.4, -0.2) is 43.0 Å². The number of carbonyl (C=O) groups excluding carboxylic acids is 2. The van der Waals surface area contributed by atoms with E-state index in [1.807, 2.05) is 32.0 Å². The van der Waals surface area contributed by atoms with Crippen LogP contribution in [0.3, 0.4) is 0 Å². The minimum absolute atomic E-state index is 0.0389. The van der Waals surface area contributed by atoms with E-state index in [4.69, 9.17) is 9.47 Å². The number of amides is 2. The standard InChI is InChI=1S/C21H24N2O4/c1-3-23(4-2)21(25)16-6-5-7-17(14-16)22-20(24)13-15-8-9-18-19(12-15)27-11-10-26-18/h5-9,12,14H,3-4,10-11,13H2,1-2H3,(H,22,24). The molecule has 6 nitrogen and oxygen atoms in total. The van der Waals surface area contributed by atoms with Gasteiger partial charge in [-0.15, -0.1) is 0 Å². The summed E-state index contributed by atoms with van der Waals surface area (Å²) in [5.74, 6) is 1.17. The number of rotatable bonds is 6. The molecule has 0 unspecified atom stereocenters. The molecule has 142 valence electrons. The molecular weight excluding hydrogens is 344 g/mol. The van der Waals surface area contributed by atoms with E-state index < -0.39 is 0 Å². The smallest absolute Gasteiger partial charge is 0.253 e. The topological polar surface area (TPSA) is 67.9 Å². The molecule has 6 heteroatoms. The molecule has 1 N–H and O–H groups in total. The van der Waals surface area contributed by atoms with Crippen LogP contribution in [0.2, 0.25) is 0 Å². The number of anilines is 1. The predicted molar refractivity (Wildman–Crippen MR) is 103 cm³/mol. The van der Waals surface area contributed by atoms with Gasteiger partial charge in [-0.3, -0.25) is 9.59 Å². The second-order valence-electron chi connectivity index (χ2n) is 6.26. The molecule has 2 amide bonds. The molecule has 1 aliphatic rings. The van der Waals surface area contributed by atoms with E-state index in [1.54, 1.807) is 29.2 Å². The zero-order valence-corrected chi connectivity index (χ0v) is 15.7. The Hall–Kier alpha value is -3.02. The highest BCUT2D eigenvalue weighted by molar-refractivity contribution is 5.97. The molecule has 0 bridgehead atoms. The van der Waals surface area contributed by atoms with Crippen molar-refractivity contribution in [2.45, 2.75) is 20.3 Å². The summed E-state index contributed by atoms with van der Waals surface area (Å²) >= 11 is 0. The number of hydrogen-bond acceptors (Lipinski definition) is 4. The lowest BCUT2D eigenvalue weighted by molar-refractivity contribution is -0.115. The second-order valence-corrected chi connectivity index (χ2v) is 6.26. The summed E-state index contributed by atoms with van der Waals surface area (Å²) in [7, 11) is 0. The van der Waals surface area contributed by atoms with Gasteiger partial charge in [-0.2, -0.15) is 0 Å². The summed E-state index contributed by atoms with van der Waals surface area (Å²) in [4.78, 5) is 26.6. The molecule has 0 saturated carbocycles. The van der Waals surface area contributed by atoms with Crippen LogP contribution in [0.15, 0.2) is 42.5 Å². The minimum Gasteiger partial charge on any atom is -0.486 e. The molecule has 0 aromatic heterocycles. The molecule has 2 aromatic rings. The van der Waals surface area contributed by atoms with E-state index >= 15 is 0 Å². The number of carbonyl (C=O) groups is 2. The highest BCUT2D eigenvalue weighted by Gasteiger charge is 2.15. The Morgan fingerprint density at radius 1 is 1.00 bits per heavy atom. The van der Waals surface area contributed by atoms with E-state index in [9.17, 15) is 9.59 Å². The van der Waals surface area contributed by atoms with Gasteiger partial charge < -0.3 is 19.7 Å². The van der Waals surface area contributed by atoms with Gasteiger partial charge in [0, 0.05) is 24.3 Å². The molecule has 1 heterocycles. The van der Waals surface area contributed by atoms with Gasteiger partial charge in [-0.1, -0.05) is 12.1 Å². The third-order valence-electron chi connectivity index (χ3n) is 4.42. The lowest BCUT2D eigenvalue weighted by Gasteiger charge is -2.19. The molecule has 0 aliphatic carbocycles. The number of nitrogens with one attached hydrogen (secondary N) is 1. The van der Waals surface area contributed by atoms with Crippen molar-refractivity contribution in [2.75, 3.05) is 31.6 Å². The van der Waals surface area contributed by atoms with Gasteiger partial charge in [-0.05, 0) is 49.7 Å². The van der Waals surface area contributed by atoms with Crippen molar-refractivity contribution in [2.24, 2.45) is 0 Å². The van der Waals surface area contributed by atoms with Crippen molar-refractivity contribution in [3.8, 4) is 11.5 Å². The van der Waals surface area contributed by atoms with Crippen LogP contribution in [0, 0.1) is 0 Å². The van der Waals surface area contributed by atoms with Gasteiger partial charge >= 0.3 is 0 Å². The molecular formula is C21H24N2O4. The first-order chi connectivity index (χ1) is 13.1. The van der Waals surface area contributed by atoms with Crippen LogP contribution in [0.4, 0.5) is 5.69 Å². The second kappa shape index (κ2) is 8.58. The van der Waals surface area contributed by atoms with Crippen molar-refractivity contribution >= 4 is 17.5 Å². The van der Waals surface area contributed by atoms with Gasteiger partial charge in [0.05, 0.1) is 6.42 Å². The summed E-state index contributed by atoms with van der Waals surface area (Å²) in [5.41, 5.74) is 2.01. The van der Waals surface area contributed by atoms with Crippen molar-refractivity contribution < 1.29 is 19.1 Å². The largest absolute Gasteiger partial charge is 0.486 e. The van der Waals surface area contributed by atoms with Gasteiger partial charge in [-0.25, -0.2) is 0 Å². The SMILES string of the molecule is CCN(CC)C(=O)c1cccc(NC(=O)Cc2ccc3c(c2)OCCO3)c1. The van der Waals surface area contributed by atoms with Crippen LogP contribution in [-0.2, 0) is 11.2 Å². The molecule has 3 rings (SSSR count). The molecule has 2 aromatic carbocycles. The van der Waals surface area contributed by atoms with E-state index in [0.717, 1.165) is 5.56 Å². The van der Waals surface area contributed by atoms with E-state index in [1.165, 1.54) is 0 Å². The van der Waals surface area contributed by atoms with E-state index in [-0.39, 0.29) is 18.2 Å². The van der Waals surface area contributed by atoms with Gasteiger partial charge in [0.2, 0.25) is 5.91 Å². The summed E-state index contributed by atoms with van der Waals surface area (Å²) in [5, 5.41) is 2.86. The van der Waals surface area contributed by atoms with Crippen molar-refractivity contribution in [1.29, 1.82) is 0 Å². The van der Waals surface area contributed by atoms with Crippen molar-refractivity contribution in [3.05, 3.63) is 53.6 Å². The number of nitrogens with zero attached hydrogens (tertiary/aromatic N) is 1. The monoisotopic (exact) mass is 368 g/mol. The third kappa shape index (κ3) is 4.58. The molecule has 0 spiro atoms. The van der Waals surface area contributed by atoms with E-state index in [2.05, 4.69) is 5.32 Å². The highest BCUT2D eigenvalue weighted by atomic mass is 16.6. The maximum absolute atomic E-state index is 12.5. The fourth-order valence-electron chi connectivity index (χ4n) is 3.01. The van der Waals surface area contributed by atoms with Crippen molar-refractivity contribution in [1.82, 2.24) is 4.90 Å². The van der Waals surface area contributed by atoms with Crippen molar-refractivity contribution in [3.63, 3.8) is 0 Å². The average molecular weight is 368 g/mol. The van der Waals surface area contributed by atoms with Gasteiger partial charge in [0.1, 0.15) is 13.2 Å². The molecule has 0 atom stereocenters. The summed E-state index contributed by atoms with van der Waals surface area (Å²) in [6.07, 6.45) is 0.213. The first-order valence-electron chi connectivity index (χ1n) is 9.18. The first-order valence-corrected chi connectivity index (χ1v) is 9.18. The Labute approximate surface area is 159 Å². The molecule has 0 radical (unpaired) electrons. The van der Waals surface area contributed by atoms with E-state index in [0.29, 0.717) is 49.1 Å². The Morgan fingerprint density at radius 2 is 1.74 bits per heavy atom. The first kappa shape index (κ1) is 18.8. The molecule has 0 saturated heterocycles. The van der Waals surface area contributed by atoms with Crippen LogP contribution < -0.4 is 14.8 Å². The Morgan fingerprint density at radius 3 is 2.48 bits per heavy atom. The van der Waals surface area contributed by atoms with Crippen LogP contribution in [0.1, 0.15) is 29.8 Å². The fraction of sp³-hybridized carbons (Fsp3) is 0.333. The zero-order valence-electron chi connectivity index (χ0n) is 15.7. The lowest BCUT2D eigenvalue weighted by Crippen LogP contribution is -2.30. The number of ether oxygens (including phenoxy) is 2. The molecule has 0 fully saturated rings. The number of hydrogen-bond donors (Lipinski definition) is 1. The number of benzene rings is 2. The zero-order chi connectivity index (χ0) is 19.2. The minimum atomic E-state index is -0.154. The Bertz CT molecular complexity index is 831. The lowest BCUT2D eigenvalue weighted by atomic mass is 10.1. The maximum atomic E-state index is 12.5. The summed E-state index contributed by atoms with van der Waals surface area (Å²) < 4.78 is 11.0. The van der Waals surface area contributed by atoms with Gasteiger partial charge in [0.15, 0.2) is 11.5 Å².